The highest BCUT2D eigenvalue weighted by atomic mass is 16.5. The topological polar surface area (TPSA) is 84.3 Å². The van der Waals surface area contributed by atoms with Crippen molar-refractivity contribution < 1.29 is 14.6 Å². The van der Waals surface area contributed by atoms with Crippen molar-refractivity contribution >= 4 is 11.9 Å². The Kier molecular flexibility index (Phi) is 4.09. The van der Waals surface area contributed by atoms with E-state index in [9.17, 15) is 4.79 Å². The number of nitrogens with one attached hydrogen (secondary N) is 1. The molecular weight excluding hydrogens is 234 g/mol. The van der Waals surface area contributed by atoms with Crippen molar-refractivity contribution in [1.82, 2.24) is 9.97 Å². The smallest absolute Gasteiger partial charge is 0.339 e. The van der Waals surface area contributed by atoms with Gasteiger partial charge in [-0.25, -0.2) is 14.8 Å². The van der Waals surface area contributed by atoms with Crippen LogP contribution in [0.3, 0.4) is 0 Å². The summed E-state index contributed by atoms with van der Waals surface area (Å²) < 4.78 is 5.51. The molecule has 1 fully saturated rings. The molecule has 1 unspecified atom stereocenters. The molecule has 2 N–H and O–H groups in total. The minimum Gasteiger partial charge on any atom is -0.478 e. The highest BCUT2D eigenvalue weighted by molar-refractivity contribution is 5.88. The number of nitrogens with zero attached hydrogens (tertiary/aromatic N) is 2. The molecule has 0 amide bonds. The number of carbonyl (C=O) groups is 1. The minimum absolute atomic E-state index is 0.139. The summed E-state index contributed by atoms with van der Waals surface area (Å²) in [6.07, 6.45) is 4.83. The highest BCUT2D eigenvalue weighted by Crippen LogP contribution is 2.15. The maximum Gasteiger partial charge on any atom is 0.339 e. The first kappa shape index (κ1) is 12.8. The molecule has 1 aliphatic rings. The molecular formula is C12H17N3O3. The van der Waals surface area contributed by atoms with Gasteiger partial charge in [-0.3, -0.25) is 0 Å². The van der Waals surface area contributed by atoms with E-state index in [-0.39, 0.29) is 5.56 Å². The summed E-state index contributed by atoms with van der Waals surface area (Å²) in [5.74, 6) is -0.533. The zero-order valence-corrected chi connectivity index (χ0v) is 10.3. The average molecular weight is 251 g/mol. The predicted octanol–water partition coefficient (Wildman–Crippen LogP) is 1.46. The van der Waals surface area contributed by atoms with Gasteiger partial charge in [-0.05, 0) is 26.2 Å². The van der Waals surface area contributed by atoms with Gasteiger partial charge < -0.3 is 15.2 Å². The molecule has 1 aliphatic heterocycles. The monoisotopic (exact) mass is 251 g/mol. The molecule has 18 heavy (non-hydrogen) atoms. The van der Waals surface area contributed by atoms with Gasteiger partial charge in [0.2, 0.25) is 5.95 Å². The number of aromatic carboxylic acids is 1. The summed E-state index contributed by atoms with van der Waals surface area (Å²) in [5.41, 5.74) is 0.608. The van der Waals surface area contributed by atoms with Crippen LogP contribution < -0.4 is 5.32 Å². The van der Waals surface area contributed by atoms with Gasteiger partial charge in [0.05, 0.1) is 17.4 Å². The number of aromatic nitrogens is 2. The largest absolute Gasteiger partial charge is 0.478 e. The van der Waals surface area contributed by atoms with Crippen molar-refractivity contribution in [2.24, 2.45) is 0 Å². The SMILES string of the molecule is Cc1nc(NCCC2CCCO2)ncc1C(=O)O. The van der Waals surface area contributed by atoms with Gasteiger partial charge in [0.25, 0.3) is 0 Å². The van der Waals surface area contributed by atoms with E-state index >= 15 is 0 Å². The Morgan fingerprint density at radius 2 is 2.50 bits per heavy atom. The summed E-state index contributed by atoms with van der Waals surface area (Å²) in [6.45, 7) is 3.25. The summed E-state index contributed by atoms with van der Waals surface area (Å²) in [5, 5.41) is 11.9. The van der Waals surface area contributed by atoms with E-state index in [2.05, 4.69) is 15.3 Å². The highest BCUT2D eigenvalue weighted by Gasteiger charge is 2.15. The molecule has 2 heterocycles. The average Bonchev–Trinajstić information content (AvgIpc) is 2.81. The van der Waals surface area contributed by atoms with Gasteiger partial charge in [0.15, 0.2) is 0 Å². The van der Waals surface area contributed by atoms with Crippen LogP contribution in [0.2, 0.25) is 0 Å². The summed E-state index contributed by atoms with van der Waals surface area (Å²) >= 11 is 0. The molecule has 6 nitrogen and oxygen atoms in total. The Labute approximate surface area is 105 Å². The Morgan fingerprint density at radius 3 is 3.11 bits per heavy atom. The van der Waals surface area contributed by atoms with Gasteiger partial charge in [-0.1, -0.05) is 0 Å². The third-order valence-electron chi connectivity index (χ3n) is 2.98. The lowest BCUT2D eigenvalue weighted by Gasteiger charge is -2.10. The van der Waals surface area contributed by atoms with E-state index in [1.54, 1.807) is 6.92 Å². The number of hydrogen-bond donors (Lipinski definition) is 2. The lowest BCUT2D eigenvalue weighted by molar-refractivity contribution is 0.0695. The first-order valence-electron chi connectivity index (χ1n) is 6.09. The minimum atomic E-state index is -1.00. The van der Waals surface area contributed by atoms with Crippen molar-refractivity contribution in [2.45, 2.75) is 32.3 Å². The fourth-order valence-electron chi connectivity index (χ4n) is 1.98. The second-order valence-corrected chi connectivity index (χ2v) is 4.35. The molecule has 1 aromatic rings. The van der Waals surface area contributed by atoms with Crippen LogP contribution in [0.4, 0.5) is 5.95 Å². The molecule has 98 valence electrons. The quantitative estimate of drug-likeness (QED) is 0.824. The van der Waals surface area contributed by atoms with E-state index in [1.807, 2.05) is 0 Å². The number of carboxylic acids is 1. The molecule has 1 saturated heterocycles. The maximum atomic E-state index is 10.8. The normalized spacial score (nSPS) is 18.8. The van der Waals surface area contributed by atoms with E-state index in [0.29, 0.717) is 17.7 Å². The molecule has 0 saturated carbocycles. The number of hydrogen-bond acceptors (Lipinski definition) is 5. The Morgan fingerprint density at radius 1 is 1.67 bits per heavy atom. The molecule has 0 aliphatic carbocycles. The standard InChI is InChI=1S/C12H17N3O3/c1-8-10(11(16)17)7-14-12(15-8)13-5-4-9-3-2-6-18-9/h7,9H,2-6H2,1H3,(H,16,17)(H,13,14,15). The van der Waals surface area contributed by atoms with Crippen molar-refractivity contribution in [3.05, 3.63) is 17.5 Å². The maximum absolute atomic E-state index is 10.8. The summed E-state index contributed by atoms with van der Waals surface area (Å²) in [4.78, 5) is 18.9. The summed E-state index contributed by atoms with van der Waals surface area (Å²) in [6, 6.07) is 0. The molecule has 0 radical (unpaired) electrons. The second-order valence-electron chi connectivity index (χ2n) is 4.35. The molecule has 2 rings (SSSR count). The third-order valence-corrected chi connectivity index (χ3v) is 2.98. The van der Waals surface area contributed by atoms with E-state index in [0.717, 1.165) is 32.4 Å². The molecule has 0 aromatic carbocycles. The molecule has 0 spiro atoms. The predicted molar refractivity (Wildman–Crippen MR) is 65.8 cm³/mol. The molecule has 1 atom stereocenters. The van der Waals surface area contributed by atoms with Gasteiger partial charge in [0.1, 0.15) is 0 Å². The fourth-order valence-corrected chi connectivity index (χ4v) is 1.98. The van der Waals surface area contributed by atoms with Crippen LogP contribution in [0, 0.1) is 6.92 Å². The molecule has 0 bridgehead atoms. The zero-order chi connectivity index (χ0) is 13.0. The second kappa shape index (κ2) is 5.77. The van der Waals surface area contributed by atoms with Crippen LogP contribution in [0.15, 0.2) is 6.20 Å². The lowest BCUT2D eigenvalue weighted by Crippen LogP contribution is -2.14. The van der Waals surface area contributed by atoms with Crippen LogP contribution in [0.25, 0.3) is 0 Å². The van der Waals surface area contributed by atoms with Gasteiger partial charge in [0, 0.05) is 19.3 Å². The third kappa shape index (κ3) is 3.16. The van der Waals surface area contributed by atoms with E-state index in [1.165, 1.54) is 6.20 Å². The zero-order valence-electron chi connectivity index (χ0n) is 10.3. The summed E-state index contributed by atoms with van der Waals surface area (Å²) in [7, 11) is 0. The fraction of sp³-hybridized carbons (Fsp3) is 0.583. The van der Waals surface area contributed by atoms with Crippen LogP contribution in [0.1, 0.15) is 35.3 Å². The van der Waals surface area contributed by atoms with Crippen LogP contribution in [0.5, 0.6) is 0 Å². The number of anilines is 1. The van der Waals surface area contributed by atoms with Crippen molar-refractivity contribution in [1.29, 1.82) is 0 Å². The number of rotatable bonds is 5. The number of carboxylic acid groups (broad SMARTS) is 1. The van der Waals surface area contributed by atoms with Crippen LogP contribution >= 0.6 is 0 Å². The first-order valence-corrected chi connectivity index (χ1v) is 6.09. The first-order chi connectivity index (χ1) is 8.66. The molecule has 6 heteroatoms. The number of ether oxygens (including phenoxy) is 1. The van der Waals surface area contributed by atoms with Crippen molar-refractivity contribution in [3.63, 3.8) is 0 Å². The van der Waals surface area contributed by atoms with Crippen molar-refractivity contribution in [3.8, 4) is 0 Å². The Hall–Kier alpha value is -1.69. The van der Waals surface area contributed by atoms with E-state index < -0.39 is 5.97 Å². The lowest BCUT2D eigenvalue weighted by atomic mass is 10.2. The Balaban J connectivity index is 1.85. The van der Waals surface area contributed by atoms with Crippen LogP contribution in [-0.4, -0.2) is 40.3 Å². The molecule has 1 aromatic heterocycles. The van der Waals surface area contributed by atoms with E-state index in [4.69, 9.17) is 9.84 Å². The number of aryl methyl sites for hydroxylation is 1. The van der Waals surface area contributed by atoms with Crippen LogP contribution in [-0.2, 0) is 4.74 Å². The van der Waals surface area contributed by atoms with Gasteiger partial charge >= 0.3 is 5.97 Å². The van der Waals surface area contributed by atoms with Crippen molar-refractivity contribution in [2.75, 3.05) is 18.5 Å². The Bertz CT molecular complexity index is 431. The van der Waals surface area contributed by atoms with Gasteiger partial charge in [-0.15, -0.1) is 0 Å². The van der Waals surface area contributed by atoms with Gasteiger partial charge in [-0.2, -0.15) is 0 Å².